The van der Waals surface area contributed by atoms with Gasteiger partial charge in [-0.3, -0.25) is 4.57 Å². The highest BCUT2D eigenvalue weighted by Crippen LogP contribution is 2.30. The summed E-state index contributed by atoms with van der Waals surface area (Å²) < 4.78 is 7.32. The van der Waals surface area contributed by atoms with Crippen molar-refractivity contribution >= 4 is 23.1 Å². The molecule has 0 bridgehead atoms. The number of nitrogens with zero attached hydrogens (tertiary/aromatic N) is 4. The van der Waals surface area contributed by atoms with Gasteiger partial charge in [-0.1, -0.05) is 42.1 Å². The maximum atomic E-state index is 5.30. The van der Waals surface area contributed by atoms with Crippen LogP contribution in [0.15, 0.2) is 65.4 Å². The quantitative estimate of drug-likeness (QED) is 0.431. The number of benzene rings is 2. The maximum Gasteiger partial charge on any atom is 0.196 e. The van der Waals surface area contributed by atoms with Crippen molar-refractivity contribution in [3.63, 3.8) is 0 Å². The molecule has 0 spiro atoms. The largest absolute Gasteiger partial charge is 0.497 e. The van der Waals surface area contributed by atoms with Gasteiger partial charge < -0.3 is 4.74 Å². The predicted octanol–water partition coefficient (Wildman–Crippen LogP) is 5.00. The van der Waals surface area contributed by atoms with Gasteiger partial charge in [-0.05, 0) is 30.7 Å². The smallest absolute Gasteiger partial charge is 0.196 e. The van der Waals surface area contributed by atoms with E-state index in [0.29, 0.717) is 0 Å². The minimum Gasteiger partial charge on any atom is -0.497 e. The molecule has 0 N–H and O–H groups in total. The van der Waals surface area contributed by atoms with Crippen molar-refractivity contribution < 1.29 is 4.74 Å². The zero-order valence-corrected chi connectivity index (χ0v) is 16.6. The van der Waals surface area contributed by atoms with E-state index >= 15 is 0 Å². The number of thioether (sulfide) groups is 1. The normalized spacial score (nSPS) is 10.9. The first-order chi connectivity index (χ1) is 13.2. The van der Waals surface area contributed by atoms with Crippen LogP contribution in [0.5, 0.6) is 5.75 Å². The average molecular weight is 395 g/mol. The highest BCUT2D eigenvalue weighted by atomic mass is 32.2. The number of hydrogen-bond donors (Lipinski definition) is 0. The first kappa shape index (κ1) is 17.8. The minimum atomic E-state index is 0.741. The van der Waals surface area contributed by atoms with Gasteiger partial charge in [-0.15, -0.1) is 21.5 Å². The third kappa shape index (κ3) is 3.89. The number of rotatable bonds is 6. The van der Waals surface area contributed by atoms with Gasteiger partial charge in [0.25, 0.3) is 0 Å². The van der Waals surface area contributed by atoms with E-state index in [1.165, 1.54) is 5.56 Å². The van der Waals surface area contributed by atoms with Crippen molar-refractivity contribution in [2.45, 2.75) is 17.8 Å². The first-order valence-electron chi connectivity index (χ1n) is 8.42. The van der Waals surface area contributed by atoms with Gasteiger partial charge in [0.05, 0.1) is 18.5 Å². The van der Waals surface area contributed by atoms with Crippen LogP contribution in [0.25, 0.3) is 16.3 Å². The van der Waals surface area contributed by atoms with Crippen LogP contribution in [0, 0.1) is 6.92 Å². The fourth-order valence-electron chi connectivity index (χ4n) is 2.72. The lowest BCUT2D eigenvalue weighted by Gasteiger charge is -2.08. The lowest BCUT2D eigenvalue weighted by molar-refractivity contribution is 0.415. The van der Waals surface area contributed by atoms with E-state index in [2.05, 4.69) is 34.6 Å². The van der Waals surface area contributed by atoms with E-state index in [4.69, 9.17) is 9.72 Å². The topological polar surface area (TPSA) is 52.8 Å². The van der Waals surface area contributed by atoms with Crippen LogP contribution in [0.1, 0.15) is 11.3 Å². The molecule has 4 aromatic rings. The van der Waals surface area contributed by atoms with Gasteiger partial charge in [0, 0.05) is 16.7 Å². The fraction of sp³-hybridized carbons (Fsp3) is 0.150. The van der Waals surface area contributed by atoms with Crippen LogP contribution in [0.4, 0.5) is 0 Å². The summed E-state index contributed by atoms with van der Waals surface area (Å²) in [4.78, 5) is 4.76. The molecule has 0 aliphatic carbocycles. The van der Waals surface area contributed by atoms with Gasteiger partial charge >= 0.3 is 0 Å². The molecule has 0 fully saturated rings. The number of thiazole rings is 1. The molecule has 0 radical (unpaired) electrons. The summed E-state index contributed by atoms with van der Waals surface area (Å²) >= 11 is 3.27. The molecule has 27 heavy (non-hydrogen) atoms. The molecular formula is C20H18N4OS2. The molecule has 0 aliphatic heterocycles. The Labute approximate surface area is 166 Å². The SMILES string of the molecule is COc1cccc(-c2nc(CSc3nncn3-c3ccccc3C)cs2)c1. The van der Waals surface area contributed by atoms with Crippen molar-refractivity contribution in [1.82, 2.24) is 19.7 Å². The van der Waals surface area contributed by atoms with E-state index < -0.39 is 0 Å². The number of para-hydroxylation sites is 1. The molecule has 0 aliphatic rings. The summed E-state index contributed by atoms with van der Waals surface area (Å²) in [6.45, 7) is 2.09. The van der Waals surface area contributed by atoms with E-state index in [9.17, 15) is 0 Å². The van der Waals surface area contributed by atoms with E-state index in [1.54, 1.807) is 36.5 Å². The third-order valence-electron chi connectivity index (χ3n) is 4.11. The highest BCUT2D eigenvalue weighted by Gasteiger charge is 2.11. The Balaban J connectivity index is 1.50. The zero-order chi connectivity index (χ0) is 18.6. The van der Waals surface area contributed by atoms with Crippen molar-refractivity contribution in [2.75, 3.05) is 7.11 Å². The minimum absolute atomic E-state index is 0.741. The van der Waals surface area contributed by atoms with Crippen molar-refractivity contribution in [3.8, 4) is 22.0 Å². The van der Waals surface area contributed by atoms with Gasteiger partial charge in [0.1, 0.15) is 17.1 Å². The molecule has 7 heteroatoms. The second-order valence-corrected chi connectivity index (χ2v) is 7.74. The fourth-order valence-corrected chi connectivity index (χ4v) is 4.46. The van der Waals surface area contributed by atoms with E-state index in [0.717, 1.165) is 38.6 Å². The molecule has 0 unspecified atom stereocenters. The van der Waals surface area contributed by atoms with Crippen molar-refractivity contribution in [3.05, 3.63) is 71.5 Å². The Hall–Kier alpha value is -2.64. The summed E-state index contributed by atoms with van der Waals surface area (Å²) in [5, 5.41) is 12.3. The Morgan fingerprint density at radius 2 is 2.04 bits per heavy atom. The number of ether oxygens (including phenoxy) is 1. The number of hydrogen-bond acceptors (Lipinski definition) is 6. The molecule has 5 nitrogen and oxygen atoms in total. The standard InChI is InChI=1S/C20H18N4OS2/c1-14-6-3-4-9-18(14)24-13-21-23-20(24)27-12-16-11-26-19(22-16)15-7-5-8-17(10-15)25-2/h3-11,13H,12H2,1-2H3. The van der Waals surface area contributed by atoms with Crippen LogP contribution in [-0.2, 0) is 5.75 Å². The molecule has 0 saturated heterocycles. The van der Waals surface area contributed by atoms with Crippen LogP contribution < -0.4 is 4.74 Å². The molecule has 2 aromatic carbocycles. The van der Waals surface area contributed by atoms with Gasteiger partial charge in [0.15, 0.2) is 5.16 Å². The molecule has 2 aromatic heterocycles. The number of aryl methyl sites for hydroxylation is 1. The predicted molar refractivity (Wildman–Crippen MR) is 110 cm³/mol. The average Bonchev–Trinajstić information content (AvgIpc) is 3.36. The van der Waals surface area contributed by atoms with Crippen LogP contribution in [0.3, 0.4) is 0 Å². The van der Waals surface area contributed by atoms with E-state index in [1.807, 2.05) is 41.0 Å². The maximum absolute atomic E-state index is 5.30. The molecule has 2 heterocycles. The Bertz CT molecular complexity index is 1060. The lowest BCUT2D eigenvalue weighted by Crippen LogP contribution is -1.97. The van der Waals surface area contributed by atoms with Crippen LogP contribution in [-0.4, -0.2) is 26.9 Å². The van der Waals surface area contributed by atoms with Gasteiger partial charge in [-0.25, -0.2) is 4.98 Å². The lowest BCUT2D eigenvalue weighted by atomic mass is 10.2. The number of aromatic nitrogens is 4. The second-order valence-electron chi connectivity index (χ2n) is 5.93. The molecule has 0 atom stereocenters. The molecule has 0 saturated carbocycles. The summed E-state index contributed by atoms with van der Waals surface area (Å²) in [5.41, 5.74) is 4.38. The Morgan fingerprint density at radius 1 is 1.15 bits per heavy atom. The van der Waals surface area contributed by atoms with Gasteiger partial charge in [0.2, 0.25) is 0 Å². The van der Waals surface area contributed by atoms with E-state index in [-0.39, 0.29) is 0 Å². The molecule has 4 rings (SSSR count). The summed E-state index contributed by atoms with van der Waals surface area (Å²) in [5.74, 6) is 1.58. The summed E-state index contributed by atoms with van der Waals surface area (Å²) in [6, 6.07) is 16.2. The van der Waals surface area contributed by atoms with Gasteiger partial charge in [-0.2, -0.15) is 0 Å². The summed E-state index contributed by atoms with van der Waals surface area (Å²) in [6.07, 6.45) is 1.76. The molecule has 136 valence electrons. The molecule has 0 amide bonds. The van der Waals surface area contributed by atoms with Crippen molar-refractivity contribution in [1.29, 1.82) is 0 Å². The third-order valence-corrected chi connectivity index (χ3v) is 6.03. The van der Waals surface area contributed by atoms with Crippen molar-refractivity contribution in [2.24, 2.45) is 0 Å². The monoisotopic (exact) mass is 394 g/mol. The Kier molecular flexibility index (Phi) is 5.22. The van der Waals surface area contributed by atoms with Crippen LogP contribution in [0.2, 0.25) is 0 Å². The number of methoxy groups -OCH3 is 1. The second kappa shape index (κ2) is 7.94. The molecular weight excluding hydrogens is 376 g/mol. The summed E-state index contributed by atoms with van der Waals surface area (Å²) in [7, 11) is 1.67. The first-order valence-corrected chi connectivity index (χ1v) is 10.3. The highest BCUT2D eigenvalue weighted by molar-refractivity contribution is 7.98. The van der Waals surface area contributed by atoms with Crippen LogP contribution >= 0.6 is 23.1 Å². The Morgan fingerprint density at radius 3 is 2.89 bits per heavy atom. The zero-order valence-electron chi connectivity index (χ0n) is 15.0.